The summed E-state index contributed by atoms with van der Waals surface area (Å²) in [6.07, 6.45) is 0. The van der Waals surface area contributed by atoms with Crippen LogP contribution >= 0.6 is 34.8 Å². The fourth-order valence-corrected chi connectivity index (χ4v) is 2.12. The van der Waals surface area contributed by atoms with E-state index in [1.54, 1.807) is 6.07 Å². The van der Waals surface area contributed by atoms with Gasteiger partial charge in [-0.25, -0.2) is 0 Å². The number of nitrogens with one attached hydrogen (secondary N) is 2. The third-order valence-electron chi connectivity index (χ3n) is 2.12. The van der Waals surface area contributed by atoms with Crippen molar-refractivity contribution in [1.29, 1.82) is 5.26 Å². The lowest BCUT2D eigenvalue weighted by Gasteiger charge is -2.13. The number of carbonyl (C=O) groups excluding carboxylic acids is 1. The van der Waals surface area contributed by atoms with Crippen LogP contribution in [0.15, 0.2) is 23.4 Å². The number of hydrogen-bond acceptors (Lipinski definition) is 4. The van der Waals surface area contributed by atoms with Crippen molar-refractivity contribution in [2.45, 2.75) is 6.92 Å². The average molecular weight is 320 g/mol. The molecule has 0 bridgehead atoms. The van der Waals surface area contributed by atoms with E-state index in [4.69, 9.17) is 45.8 Å². The topological polar surface area (TPSA) is 90.9 Å². The quantitative estimate of drug-likeness (QED) is 0.452. The fraction of sp³-hybridized carbons (Fsp3) is 0.0909. The largest absolute Gasteiger partial charge is 0.365 e. The standard InChI is InChI=1S/C11H9Cl3N4O/c1-5(7(4-15)11(16)19)17-18-10-8(13)2-6(12)3-9(10)14/h2-3,17-18H,1H3,(H2,16,19). The summed E-state index contributed by atoms with van der Waals surface area (Å²) in [5.74, 6) is -0.831. The lowest BCUT2D eigenvalue weighted by molar-refractivity contribution is -0.114. The first-order valence-corrected chi connectivity index (χ1v) is 6.07. The van der Waals surface area contributed by atoms with E-state index in [-0.39, 0.29) is 21.3 Å². The first kappa shape index (κ1) is 15.4. The van der Waals surface area contributed by atoms with Gasteiger partial charge < -0.3 is 11.2 Å². The Hall–Kier alpha value is -1.61. The summed E-state index contributed by atoms with van der Waals surface area (Å²) in [6.45, 7) is 1.51. The van der Waals surface area contributed by atoms with Crippen LogP contribution in [0, 0.1) is 11.3 Å². The lowest BCUT2D eigenvalue weighted by Crippen LogP contribution is -2.25. The molecule has 0 saturated heterocycles. The number of nitrogens with zero attached hydrogens (tertiary/aromatic N) is 1. The van der Waals surface area contributed by atoms with Crippen molar-refractivity contribution in [2.75, 3.05) is 5.43 Å². The highest BCUT2D eigenvalue weighted by Gasteiger charge is 2.10. The van der Waals surface area contributed by atoms with Crippen molar-refractivity contribution in [3.8, 4) is 6.07 Å². The smallest absolute Gasteiger partial charge is 0.261 e. The molecule has 1 rings (SSSR count). The number of primary amides is 1. The van der Waals surface area contributed by atoms with Crippen molar-refractivity contribution < 1.29 is 4.79 Å². The van der Waals surface area contributed by atoms with Crippen LogP contribution in [0.25, 0.3) is 0 Å². The van der Waals surface area contributed by atoms with E-state index in [2.05, 4.69) is 10.9 Å². The molecule has 0 spiro atoms. The summed E-state index contributed by atoms with van der Waals surface area (Å²) < 4.78 is 0. The third kappa shape index (κ3) is 3.93. The minimum Gasteiger partial charge on any atom is -0.365 e. The van der Waals surface area contributed by atoms with Crippen LogP contribution in [0.1, 0.15) is 6.92 Å². The Labute approximate surface area is 124 Å². The Morgan fingerprint density at radius 1 is 1.32 bits per heavy atom. The van der Waals surface area contributed by atoms with Gasteiger partial charge in [-0.3, -0.25) is 10.2 Å². The van der Waals surface area contributed by atoms with Crippen molar-refractivity contribution in [2.24, 2.45) is 5.73 Å². The molecule has 100 valence electrons. The molecule has 0 aliphatic carbocycles. The van der Waals surface area contributed by atoms with E-state index in [0.717, 1.165) is 0 Å². The van der Waals surface area contributed by atoms with Crippen LogP contribution < -0.4 is 16.6 Å². The van der Waals surface area contributed by atoms with Gasteiger partial charge in [-0.1, -0.05) is 34.8 Å². The highest BCUT2D eigenvalue weighted by Crippen LogP contribution is 2.33. The van der Waals surface area contributed by atoms with Crippen LogP contribution in [0.3, 0.4) is 0 Å². The zero-order chi connectivity index (χ0) is 14.6. The molecule has 0 heterocycles. The molecule has 5 nitrogen and oxygen atoms in total. The van der Waals surface area contributed by atoms with Crippen LogP contribution in [-0.4, -0.2) is 5.91 Å². The van der Waals surface area contributed by atoms with Crippen molar-refractivity contribution in [1.82, 2.24) is 5.43 Å². The number of anilines is 1. The van der Waals surface area contributed by atoms with Crippen molar-refractivity contribution in [3.63, 3.8) is 0 Å². The number of hydrogen-bond donors (Lipinski definition) is 3. The molecule has 0 atom stereocenters. The summed E-state index contributed by atoms with van der Waals surface area (Å²) in [4.78, 5) is 11.0. The summed E-state index contributed by atoms with van der Waals surface area (Å²) in [5.41, 5.74) is 10.8. The molecule has 0 saturated carbocycles. The molecule has 0 fully saturated rings. The van der Waals surface area contributed by atoms with Gasteiger partial charge in [0.2, 0.25) is 0 Å². The van der Waals surface area contributed by atoms with Gasteiger partial charge >= 0.3 is 0 Å². The van der Waals surface area contributed by atoms with Crippen molar-refractivity contribution in [3.05, 3.63) is 38.5 Å². The maximum absolute atomic E-state index is 11.0. The van der Waals surface area contributed by atoms with Crippen LogP contribution in [0.2, 0.25) is 15.1 Å². The molecule has 0 unspecified atom stereocenters. The Morgan fingerprint density at radius 3 is 2.26 bits per heavy atom. The monoisotopic (exact) mass is 318 g/mol. The van der Waals surface area contributed by atoms with Crippen molar-refractivity contribution >= 4 is 46.4 Å². The number of benzene rings is 1. The number of nitriles is 1. The predicted molar refractivity (Wildman–Crippen MR) is 75.7 cm³/mol. The van der Waals surface area contributed by atoms with E-state index in [1.807, 2.05) is 0 Å². The highest BCUT2D eigenvalue weighted by molar-refractivity contribution is 6.41. The maximum atomic E-state index is 11.0. The van der Waals surface area contributed by atoms with Gasteiger partial charge in [0.05, 0.1) is 21.4 Å². The number of allylic oxidation sites excluding steroid dienone is 1. The molecule has 1 aromatic carbocycles. The Kier molecular flexibility index (Phi) is 5.31. The number of amides is 1. The average Bonchev–Trinajstić information content (AvgIpc) is 2.27. The molecule has 0 aliphatic heterocycles. The number of rotatable bonds is 4. The van der Waals surface area contributed by atoms with E-state index >= 15 is 0 Å². The van der Waals surface area contributed by atoms with E-state index in [1.165, 1.54) is 19.1 Å². The molecular formula is C11H9Cl3N4O. The Morgan fingerprint density at radius 2 is 1.84 bits per heavy atom. The first-order chi connectivity index (χ1) is 8.86. The summed E-state index contributed by atoms with van der Waals surface area (Å²) in [5, 5.41) is 9.73. The van der Waals surface area contributed by atoms with Gasteiger partial charge in [-0.2, -0.15) is 5.26 Å². The predicted octanol–water partition coefficient (Wildman–Crippen LogP) is 2.85. The fourth-order valence-electron chi connectivity index (χ4n) is 1.20. The number of hydrazine groups is 1. The van der Waals surface area contributed by atoms with Gasteiger partial charge in [-0.05, 0) is 19.1 Å². The second kappa shape index (κ2) is 6.53. The molecular weight excluding hydrogens is 311 g/mol. The highest BCUT2D eigenvalue weighted by atomic mass is 35.5. The molecule has 19 heavy (non-hydrogen) atoms. The molecule has 0 radical (unpaired) electrons. The number of carbonyl (C=O) groups is 1. The lowest BCUT2D eigenvalue weighted by atomic mass is 10.2. The Bertz CT molecular complexity index is 569. The van der Waals surface area contributed by atoms with E-state index in [0.29, 0.717) is 10.7 Å². The zero-order valence-electron chi connectivity index (χ0n) is 9.72. The van der Waals surface area contributed by atoms with Gasteiger partial charge in [0.15, 0.2) is 0 Å². The number of nitrogens with two attached hydrogens (primary N) is 1. The third-order valence-corrected chi connectivity index (χ3v) is 2.93. The maximum Gasteiger partial charge on any atom is 0.261 e. The van der Waals surface area contributed by atoms with Gasteiger partial charge in [0, 0.05) is 5.02 Å². The van der Waals surface area contributed by atoms with Gasteiger partial charge in [0.1, 0.15) is 11.6 Å². The molecule has 1 amide bonds. The SMILES string of the molecule is CC(NNc1c(Cl)cc(Cl)cc1Cl)=C(C#N)C(N)=O. The summed E-state index contributed by atoms with van der Waals surface area (Å²) in [6, 6.07) is 4.69. The number of halogens is 3. The summed E-state index contributed by atoms with van der Waals surface area (Å²) >= 11 is 17.7. The van der Waals surface area contributed by atoms with Gasteiger partial charge in [0.25, 0.3) is 5.91 Å². The van der Waals surface area contributed by atoms with Gasteiger partial charge in [-0.15, -0.1) is 0 Å². The second-order valence-electron chi connectivity index (χ2n) is 3.47. The zero-order valence-corrected chi connectivity index (χ0v) is 12.0. The second-order valence-corrected chi connectivity index (χ2v) is 4.72. The molecule has 0 aliphatic rings. The van der Waals surface area contributed by atoms with Crippen LogP contribution in [-0.2, 0) is 4.79 Å². The first-order valence-electron chi connectivity index (χ1n) is 4.94. The van der Waals surface area contributed by atoms with Crippen LogP contribution in [0.4, 0.5) is 5.69 Å². The normalized spacial score (nSPS) is 11.3. The Balaban J connectivity index is 2.96. The summed E-state index contributed by atoms with van der Waals surface area (Å²) in [7, 11) is 0. The molecule has 4 N–H and O–H groups in total. The molecule has 8 heteroatoms. The molecule has 0 aromatic heterocycles. The van der Waals surface area contributed by atoms with E-state index < -0.39 is 5.91 Å². The van der Waals surface area contributed by atoms with E-state index in [9.17, 15) is 4.79 Å². The minimum absolute atomic E-state index is 0.200. The van der Waals surface area contributed by atoms with Crippen LogP contribution in [0.5, 0.6) is 0 Å². The molecule has 1 aromatic rings. The minimum atomic E-state index is -0.831.